The Morgan fingerprint density at radius 3 is 2.00 bits per heavy atom. The minimum atomic E-state index is 0. The first-order chi connectivity index (χ1) is 3.63. The largest absolute Gasteiger partial charge is 1.00 e. The molecule has 1 atom stereocenters. The Kier molecular flexibility index (Phi) is 2.97. The molecule has 0 bridgehead atoms. The summed E-state index contributed by atoms with van der Waals surface area (Å²) in [6, 6.07) is 0.898. The van der Waals surface area contributed by atoms with Crippen LogP contribution in [0.3, 0.4) is 0 Å². The van der Waals surface area contributed by atoms with Crippen molar-refractivity contribution in [3.63, 3.8) is 0 Å². The van der Waals surface area contributed by atoms with E-state index in [4.69, 9.17) is 0 Å². The standard InChI is InChI=1S/C7H16N.ClH/c1-7-5-4-6-8(7,2)3;/h7H,4-6H2,1-3H3;1H/q+1;/p-1. The Morgan fingerprint density at radius 1 is 1.33 bits per heavy atom. The van der Waals surface area contributed by atoms with Crippen LogP contribution < -0.4 is 12.4 Å². The van der Waals surface area contributed by atoms with E-state index in [1.165, 1.54) is 23.9 Å². The lowest BCUT2D eigenvalue weighted by molar-refractivity contribution is -0.900. The predicted octanol–water partition coefficient (Wildman–Crippen LogP) is -1.75. The molecule has 0 saturated carbocycles. The molecule has 1 aliphatic heterocycles. The monoisotopic (exact) mass is 149 g/mol. The third-order valence-corrected chi connectivity index (χ3v) is 2.55. The summed E-state index contributed by atoms with van der Waals surface area (Å²) in [6.45, 7) is 3.72. The number of halogens is 1. The summed E-state index contributed by atoms with van der Waals surface area (Å²) in [5.41, 5.74) is 0. The van der Waals surface area contributed by atoms with Gasteiger partial charge in [0.1, 0.15) is 0 Å². The molecule has 0 aliphatic carbocycles. The highest BCUT2D eigenvalue weighted by atomic mass is 35.5. The summed E-state index contributed by atoms with van der Waals surface area (Å²) < 4.78 is 1.24. The number of hydrogen-bond acceptors (Lipinski definition) is 0. The lowest BCUT2D eigenvalue weighted by Gasteiger charge is -2.28. The van der Waals surface area contributed by atoms with Crippen LogP contribution in [0.4, 0.5) is 0 Å². The maximum absolute atomic E-state index is 2.34. The minimum absolute atomic E-state index is 0. The van der Waals surface area contributed by atoms with Crippen molar-refractivity contribution in [2.45, 2.75) is 25.8 Å². The van der Waals surface area contributed by atoms with E-state index in [0.29, 0.717) is 0 Å². The molecule has 1 unspecified atom stereocenters. The molecule has 1 nitrogen and oxygen atoms in total. The van der Waals surface area contributed by atoms with Crippen LogP contribution in [0.1, 0.15) is 19.8 Å². The van der Waals surface area contributed by atoms with Crippen molar-refractivity contribution in [2.24, 2.45) is 0 Å². The highest BCUT2D eigenvalue weighted by molar-refractivity contribution is 4.58. The summed E-state index contributed by atoms with van der Waals surface area (Å²) in [4.78, 5) is 0. The van der Waals surface area contributed by atoms with Gasteiger partial charge < -0.3 is 16.9 Å². The SMILES string of the molecule is CC1CCC[N+]1(C)C.[Cl-]. The van der Waals surface area contributed by atoms with Crippen LogP contribution in [0.25, 0.3) is 0 Å². The van der Waals surface area contributed by atoms with Crippen LogP contribution in [0.15, 0.2) is 0 Å². The molecule has 9 heavy (non-hydrogen) atoms. The summed E-state index contributed by atoms with van der Waals surface area (Å²) in [7, 11) is 4.63. The van der Waals surface area contributed by atoms with Crippen molar-refractivity contribution in [3.05, 3.63) is 0 Å². The summed E-state index contributed by atoms with van der Waals surface area (Å²) >= 11 is 0. The minimum Gasteiger partial charge on any atom is -1.00 e. The van der Waals surface area contributed by atoms with Crippen LogP contribution in [-0.4, -0.2) is 31.2 Å². The third-order valence-electron chi connectivity index (χ3n) is 2.55. The van der Waals surface area contributed by atoms with Gasteiger partial charge in [0.15, 0.2) is 0 Å². The number of hydrogen-bond donors (Lipinski definition) is 0. The van der Waals surface area contributed by atoms with E-state index < -0.39 is 0 Å². The number of rotatable bonds is 0. The van der Waals surface area contributed by atoms with Crippen molar-refractivity contribution >= 4 is 0 Å². The van der Waals surface area contributed by atoms with Gasteiger partial charge >= 0.3 is 0 Å². The Labute approximate surface area is 64.0 Å². The molecule has 0 spiro atoms. The summed E-state index contributed by atoms with van der Waals surface area (Å²) in [6.07, 6.45) is 2.85. The second kappa shape index (κ2) is 2.89. The van der Waals surface area contributed by atoms with Crippen molar-refractivity contribution in [1.29, 1.82) is 0 Å². The van der Waals surface area contributed by atoms with Crippen LogP contribution in [0, 0.1) is 0 Å². The van der Waals surface area contributed by atoms with Crippen LogP contribution in [-0.2, 0) is 0 Å². The van der Waals surface area contributed by atoms with E-state index >= 15 is 0 Å². The molecule has 0 N–H and O–H groups in total. The summed E-state index contributed by atoms with van der Waals surface area (Å²) in [5, 5.41) is 0. The van der Waals surface area contributed by atoms with Gasteiger partial charge in [0.25, 0.3) is 0 Å². The van der Waals surface area contributed by atoms with Gasteiger partial charge in [-0.3, -0.25) is 0 Å². The van der Waals surface area contributed by atoms with E-state index in [9.17, 15) is 0 Å². The molecule has 1 aliphatic rings. The molecular weight excluding hydrogens is 134 g/mol. The highest BCUT2D eigenvalue weighted by Gasteiger charge is 2.29. The molecule has 1 rings (SSSR count). The number of likely N-dealkylation sites (tertiary alicyclic amines) is 1. The molecule has 0 radical (unpaired) electrons. The van der Waals surface area contributed by atoms with Crippen LogP contribution >= 0.6 is 0 Å². The summed E-state index contributed by atoms with van der Waals surface area (Å²) in [5.74, 6) is 0. The zero-order valence-corrected chi connectivity index (χ0v) is 7.28. The molecular formula is C7H16ClN. The van der Waals surface area contributed by atoms with Gasteiger partial charge in [0.05, 0.1) is 26.7 Å². The highest BCUT2D eigenvalue weighted by Crippen LogP contribution is 2.20. The first-order valence-electron chi connectivity index (χ1n) is 3.45. The number of nitrogens with zero attached hydrogens (tertiary/aromatic N) is 1. The molecule has 0 aromatic carbocycles. The van der Waals surface area contributed by atoms with E-state index in [-0.39, 0.29) is 12.4 Å². The van der Waals surface area contributed by atoms with E-state index in [1.54, 1.807) is 0 Å². The van der Waals surface area contributed by atoms with Crippen molar-refractivity contribution in [2.75, 3.05) is 20.6 Å². The van der Waals surface area contributed by atoms with Crippen LogP contribution in [0.2, 0.25) is 0 Å². The van der Waals surface area contributed by atoms with Crippen LogP contribution in [0.5, 0.6) is 0 Å². The molecule has 1 heterocycles. The molecule has 1 fully saturated rings. The first kappa shape index (κ1) is 9.25. The van der Waals surface area contributed by atoms with Gasteiger partial charge in [-0.1, -0.05) is 0 Å². The quantitative estimate of drug-likeness (QED) is 0.359. The van der Waals surface area contributed by atoms with E-state index in [2.05, 4.69) is 21.0 Å². The molecule has 0 aromatic heterocycles. The first-order valence-corrected chi connectivity index (χ1v) is 3.45. The smallest absolute Gasteiger partial charge is 0.0859 e. The van der Waals surface area contributed by atoms with E-state index in [0.717, 1.165) is 6.04 Å². The van der Waals surface area contributed by atoms with Crippen molar-refractivity contribution < 1.29 is 16.9 Å². The van der Waals surface area contributed by atoms with Gasteiger partial charge in [-0.05, 0) is 6.92 Å². The Balaban J connectivity index is 0.000000640. The van der Waals surface area contributed by atoms with Crippen molar-refractivity contribution in [1.82, 2.24) is 0 Å². The third kappa shape index (κ3) is 1.84. The maximum atomic E-state index is 2.34. The lowest BCUT2D eigenvalue weighted by Crippen LogP contribution is -3.00. The van der Waals surface area contributed by atoms with Gasteiger partial charge in [-0.25, -0.2) is 0 Å². The average Bonchev–Trinajstić information content (AvgIpc) is 1.86. The Bertz CT molecular complexity index is 90.9. The normalized spacial score (nSPS) is 31.7. The molecule has 0 aromatic rings. The predicted molar refractivity (Wildman–Crippen MR) is 35.7 cm³/mol. The van der Waals surface area contributed by atoms with Gasteiger partial charge in [0.2, 0.25) is 0 Å². The topological polar surface area (TPSA) is 0 Å². The maximum Gasteiger partial charge on any atom is 0.0859 e. The fourth-order valence-corrected chi connectivity index (χ4v) is 1.36. The lowest BCUT2D eigenvalue weighted by atomic mass is 10.2. The number of quaternary nitrogens is 1. The van der Waals surface area contributed by atoms with Crippen molar-refractivity contribution in [3.8, 4) is 0 Å². The molecule has 1 saturated heterocycles. The second-order valence-corrected chi connectivity index (χ2v) is 3.49. The average molecular weight is 150 g/mol. The van der Waals surface area contributed by atoms with Gasteiger partial charge in [0, 0.05) is 12.8 Å². The Morgan fingerprint density at radius 2 is 1.89 bits per heavy atom. The fourth-order valence-electron chi connectivity index (χ4n) is 1.36. The van der Waals surface area contributed by atoms with Gasteiger partial charge in [-0.15, -0.1) is 0 Å². The second-order valence-electron chi connectivity index (χ2n) is 3.49. The zero-order valence-electron chi connectivity index (χ0n) is 6.52. The zero-order chi connectivity index (χ0) is 6.20. The van der Waals surface area contributed by atoms with E-state index in [1.807, 2.05) is 0 Å². The van der Waals surface area contributed by atoms with Gasteiger partial charge in [-0.2, -0.15) is 0 Å². The molecule has 0 amide bonds. The Hall–Kier alpha value is 0.250. The fraction of sp³-hybridized carbons (Fsp3) is 1.00. The molecule has 2 heteroatoms. The molecule has 56 valence electrons.